The predicted molar refractivity (Wildman–Crippen MR) is 114 cm³/mol. The van der Waals surface area contributed by atoms with Gasteiger partial charge in [-0.1, -0.05) is 49.7 Å². The summed E-state index contributed by atoms with van der Waals surface area (Å²) in [5.74, 6) is 1.26. The third kappa shape index (κ3) is 5.67. The molecule has 1 heterocycles. The fraction of sp³-hybridized carbons (Fsp3) is 0.304. The zero-order valence-corrected chi connectivity index (χ0v) is 17.4. The van der Waals surface area contributed by atoms with Crippen molar-refractivity contribution in [2.45, 2.75) is 33.9 Å². The van der Waals surface area contributed by atoms with Crippen molar-refractivity contribution < 1.29 is 9.53 Å². The maximum atomic E-state index is 12.9. The van der Waals surface area contributed by atoms with E-state index in [9.17, 15) is 4.79 Å². The first-order valence-electron chi connectivity index (χ1n) is 9.48. The summed E-state index contributed by atoms with van der Waals surface area (Å²) in [6.45, 7) is 7.93. The zero-order valence-electron chi connectivity index (χ0n) is 16.6. The fourth-order valence-corrected chi connectivity index (χ4v) is 3.58. The number of benzene rings is 2. The van der Waals surface area contributed by atoms with Crippen LogP contribution in [0.25, 0.3) is 0 Å². The highest BCUT2D eigenvalue weighted by Gasteiger charge is 2.18. The number of amides is 1. The monoisotopic (exact) mass is 394 g/mol. The van der Waals surface area contributed by atoms with Crippen LogP contribution in [-0.2, 0) is 13.2 Å². The van der Waals surface area contributed by atoms with Crippen molar-refractivity contribution in [3.8, 4) is 5.75 Å². The van der Waals surface area contributed by atoms with Gasteiger partial charge in [0.2, 0.25) is 0 Å². The molecule has 0 aliphatic carbocycles. The van der Waals surface area contributed by atoms with Crippen molar-refractivity contribution in [2.24, 2.45) is 5.92 Å². The van der Waals surface area contributed by atoms with Crippen molar-refractivity contribution >= 4 is 17.2 Å². The second-order valence-electron chi connectivity index (χ2n) is 7.28. The number of carbonyl (C=O) groups is 1. The smallest absolute Gasteiger partial charge is 0.254 e. The summed E-state index contributed by atoms with van der Waals surface area (Å²) < 4.78 is 5.81. The first kappa shape index (κ1) is 20.1. The van der Waals surface area contributed by atoms with Crippen LogP contribution in [0.15, 0.2) is 60.0 Å². The van der Waals surface area contributed by atoms with E-state index in [2.05, 4.69) is 25.8 Å². The van der Waals surface area contributed by atoms with Crippen LogP contribution in [-0.4, -0.2) is 22.3 Å². The van der Waals surface area contributed by atoms with Crippen molar-refractivity contribution in [3.63, 3.8) is 0 Å². The molecule has 28 heavy (non-hydrogen) atoms. The summed E-state index contributed by atoms with van der Waals surface area (Å²) in [6, 6.07) is 17.4. The minimum atomic E-state index is 0.0414. The van der Waals surface area contributed by atoms with E-state index in [0.717, 1.165) is 16.5 Å². The molecule has 0 radical (unpaired) electrons. The topological polar surface area (TPSA) is 42.4 Å². The Hall–Kier alpha value is -2.66. The molecule has 0 fully saturated rings. The van der Waals surface area contributed by atoms with Crippen LogP contribution in [0.1, 0.15) is 40.5 Å². The molecule has 0 unspecified atom stereocenters. The molecule has 146 valence electrons. The van der Waals surface area contributed by atoms with E-state index in [1.165, 1.54) is 5.56 Å². The molecule has 2 aromatic carbocycles. The van der Waals surface area contributed by atoms with E-state index in [4.69, 9.17) is 4.74 Å². The summed E-state index contributed by atoms with van der Waals surface area (Å²) in [5, 5.41) is 2.92. The summed E-state index contributed by atoms with van der Waals surface area (Å²) in [7, 11) is 0. The highest BCUT2D eigenvalue weighted by Crippen LogP contribution is 2.18. The largest absolute Gasteiger partial charge is 0.486 e. The molecular formula is C23H26N2O2S. The zero-order chi connectivity index (χ0) is 19.9. The summed E-state index contributed by atoms with van der Waals surface area (Å²) in [6.07, 6.45) is 0. The van der Waals surface area contributed by atoms with Gasteiger partial charge < -0.3 is 9.64 Å². The Morgan fingerprint density at radius 1 is 1.11 bits per heavy atom. The Bertz CT molecular complexity index is 888. The molecule has 0 saturated heterocycles. The lowest BCUT2D eigenvalue weighted by Gasteiger charge is -2.24. The van der Waals surface area contributed by atoms with Gasteiger partial charge in [0.15, 0.2) is 0 Å². The van der Waals surface area contributed by atoms with Gasteiger partial charge in [-0.05, 0) is 37.1 Å². The van der Waals surface area contributed by atoms with Gasteiger partial charge in [-0.15, -0.1) is 11.3 Å². The number of carbonyl (C=O) groups excluding carboxylic acids is 1. The van der Waals surface area contributed by atoms with Crippen LogP contribution >= 0.6 is 11.3 Å². The first-order chi connectivity index (χ1) is 13.5. The highest BCUT2D eigenvalue weighted by molar-refractivity contribution is 7.09. The van der Waals surface area contributed by atoms with E-state index < -0.39 is 0 Å². The molecule has 0 saturated carbocycles. The lowest BCUT2D eigenvalue weighted by atomic mass is 10.1. The standard InChI is InChI=1S/C23H26N2O2S/c1-17(2)13-25(23(26)19-7-5-4-6-8-19)14-20-16-28-22(24-20)15-27-21-11-9-18(3)10-12-21/h4-12,16-17H,13-15H2,1-3H3. The van der Waals surface area contributed by atoms with Crippen LogP contribution < -0.4 is 4.74 Å². The van der Waals surface area contributed by atoms with Gasteiger partial charge >= 0.3 is 0 Å². The normalized spacial score (nSPS) is 10.9. The first-order valence-corrected chi connectivity index (χ1v) is 10.4. The Morgan fingerprint density at radius 2 is 1.82 bits per heavy atom. The number of hydrogen-bond acceptors (Lipinski definition) is 4. The third-order valence-electron chi connectivity index (χ3n) is 4.23. The molecule has 0 spiro atoms. The minimum absolute atomic E-state index is 0.0414. The molecule has 3 rings (SSSR count). The van der Waals surface area contributed by atoms with E-state index >= 15 is 0 Å². The van der Waals surface area contributed by atoms with E-state index in [-0.39, 0.29) is 5.91 Å². The van der Waals surface area contributed by atoms with Crippen molar-refractivity contribution in [1.29, 1.82) is 0 Å². The summed E-state index contributed by atoms with van der Waals surface area (Å²) >= 11 is 1.57. The third-order valence-corrected chi connectivity index (χ3v) is 5.10. The lowest BCUT2D eigenvalue weighted by Crippen LogP contribution is -2.33. The van der Waals surface area contributed by atoms with Gasteiger partial charge in [0, 0.05) is 17.5 Å². The molecule has 0 aliphatic rings. The molecule has 4 nitrogen and oxygen atoms in total. The SMILES string of the molecule is Cc1ccc(OCc2nc(CN(CC(C)C)C(=O)c3ccccc3)cs2)cc1. The van der Waals surface area contributed by atoms with Crippen molar-refractivity contribution in [2.75, 3.05) is 6.54 Å². The lowest BCUT2D eigenvalue weighted by molar-refractivity contribution is 0.0720. The second-order valence-corrected chi connectivity index (χ2v) is 8.22. The van der Waals surface area contributed by atoms with Gasteiger partial charge in [-0.2, -0.15) is 0 Å². The summed E-state index contributed by atoms with van der Waals surface area (Å²) in [5.41, 5.74) is 2.82. The molecule has 0 N–H and O–H groups in total. The average molecular weight is 395 g/mol. The van der Waals surface area contributed by atoms with Gasteiger partial charge in [0.25, 0.3) is 5.91 Å². The van der Waals surface area contributed by atoms with E-state index in [0.29, 0.717) is 31.2 Å². The average Bonchev–Trinajstić information content (AvgIpc) is 3.14. The molecule has 0 aliphatic heterocycles. The highest BCUT2D eigenvalue weighted by atomic mass is 32.1. The quantitative estimate of drug-likeness (QED) is 0.519. The van der Waals surface area contributed by atoms with Gasteiger partial charge in [0.1, 0.15) is 17.4 Å². The number of nitrogens with zero attached hydrogens (tertiary/aromatic N) is 2. The molecule has 5 heteroatoms. The molecule has 0 atom stereocenters. The molecular weight excluding hydrogens is 368 g/mol. The Labute approximate surface area is 170 Å². The Morgan fingerprint density at radius 3 is 2.50 bits per heavy atom. The van der Waals surface area contributed by atoms with E-state index in [1.54, 1.807) is 11.3 Å². The van der Waals surface area contributed by atoms with Crippen molar-refractivity contribution in [3.05, 3.63) is 81.8 Å². The van der Waals surface area contributed by atoms with Gasteiger partial charge in [-0.25, -0.2) is 4.98 Å². The van der Waals surface area contributed by atoms with Crippen LogP contribution in [0.3, 0.4) is 0 Å². The maximum Gasteiger partial charge on any atom is 0.254 e. The molecule has 0 bridgehead atoms. The van der Waals surface area contributed by atoms with Crippen LogP contribution in [0.5, 0.6) is 5.75 Å². The van der Waals surface area contributed by atoms with Gasteiger partial charge in [-0.3, -0.25) is 4.79 Å². The number of aryl methyl sites for hydroxylation is 1. The number of thiazole rings is 1. The Balaban J connectivity index is 1.64. The number of ether oxygens (including phenoxy) is 1. The Kier molecular flexibility index (Phi) is 6.82. The molecule has 1 aromatic heterocycles. The number of aromatic nitrogens is 1. The molecule has 1 amide bonds. The van der Waals surface area contributed by atoms with Crippen LogP contribution in [0.4, 0.5) is 0 Å². The predicted octanol–water partition coefficient (Wildman–Crippen LogP) is 5.33. The fourth-order valence-electron chi connectivity index (χ4n) is 2.89. The number of hydrogen-bond donors (Lipinski definition) is 0. The summed E-state index contributed by atoms with van der Waals surface area (Å²) in [4.78, 5) is 19.4. The van der Waals surface area contributed by atoms with Crippen LogP contribution in [0.2, 0.25) is 0 Å². The minimum Gasteiger partial charge on any atom is -0.486 e. The molecule has 3 aromatic rings. The second kappa shape index (κ2) is 9.51. The van der Waals surface area contributed by atoms with Crippen molar-refractivity contribution in [1.82, 2.24) is 9.88 Å². The maximum absolute atomic E-state index is 12.9. The van der Waals surface area contributed by atoms with E-state index in [1.807, 2.05) is 64.9 Å². The van der Waals surface area contributed by atoms with Crippen LogP contribution in [0, 0.1) is 12.8 Å². The van der Waals surface area contributed by atoms with Gasteiger partial charge in [0.05, 0.1) is 12.2 Å². The number of rotatable bonds is 8.